The molecular formula is C14H19N3O5. The highest BCUT2D eigenvalue weighted by Crippen LogP contribution is 2.23. The van der Waals surface area contributed by atoms with E-state index in [2.05, 4.69) is 5.32 Å². The molecule has 0 aliphatic heterocycles. The van der Waals surface area contributed by atoms with Gasteiger partial charge in [0.2, 0.25) is 5.91 Å². The Balaban J connectivity index is 2.06. The zero-order chi connectivity index (χ0) is 16.1. The van der Waals surface area contributed by atoms with E-state index in [-0.39, 0.29) is 18.4 Å². The van der Waals surface area contributed by atoms with E-state index >= 15 is 0 Å². The number of aliphatic carboxylic acids is 1. The fraction of sp³-hybridized carbons (Fsp3) is 0.571. The number of hydrogen-bond donors (Lipinski definition) is 3. The zero-order valence-electron chi connectivity index (χ0n) is 12.1. The topological polar surface area (TPSA) is 121 Å². The van der Waals surface area contributed by atoms with Crippen molar-refractivity contribution in [2.75, 3.05) is 0 Å². The van der Waals surface area contributed by atoms with Gasteiger partial charge in [0.05, 0.1) is 6.54 Å². The van der Waals surface area contributed by atoms with Gasteiger partial charge in [0.15, 0.2) is 0 Å². The van der Waals surface area contributed by atoms with Gasteiger partial charge in [-0.05, 0) is 12.8 Å². The van der Waals surface area contributed by atoms with E-state index in [1.165, 1.54) is 6.20 Å². The SMILES string of the molecule is O=C(N[C@@H](Cn1ccc(=O)[nH]c1=O)C(=O)O)C1CCCCC1. The van der Waals surface area contributed by atoms with E-state index in [1.54, 1.807) is 0 Å². The lowest BCUT2D eigenvalue weighted by molar-refractivity contribution is -0.143. The number of hydrogen-bond acceptors (Lipinski definition) is 4. The molecule has 8 heteroatoms. The minimum absolute atomic E-state index is 0.164. The van der Waals surface area contributed by atoms with E-state index in [0.29, 0.717) is 0 Å². The first-order valence-corrected chi connectivity index (χ1v) is 7.30. The van der Waals surface area contributed by atoms with Crippen molar-refractivity contribution in [1.29, 1.82) is 0 Å². The molecule has 1 aromatic rings. The Hall–Kier alpha value is -2.38. The van der Waals surface area contributed by atoms with Gasteiger partial charge in [0.25, 0.3) is 5.56 Å². The highest BCUT2D eigenvalue weighted by Gasteiger charge is 2.26. The first kappa shape index (κ1) is 16.0. The number of nitrogens with one attached hydrogen (secondary N) is 2. The van der Waals surface area contributed by atoms with Gasteiger partial charge in [-0.15, -0.1) is 0 Å². The summed E-state index contributed by atoms with van der Waals surface area (Å²) in [4.78, 5) is 48.0. The van der Waals surface area contributed by atoms with E-state index < -0.39 is 23.3 Å². The third-order valence-electron chi connectivity index (χ3n) is 3.87. The molecule has 0 radical (unpaired) electrons. The lowest BCUT2D eigenvalue weighted by Gasteiger charge is -2.23. The number of aromatic amines is 1. The molecule has 0 bridgehead atoms. The van der Waals surface area contributed by atoms with E-state index in [9.17, 15) is 24.3 Å². The summed E-state index contributed by atoms with van der Waals surface area (Å²) < 4.78 is 1.06. The summed E-state index contributed by atoms with van der Waals surface area (Å²) in [5, 5.41) is 11.7. The maximum Gasteiger partial charge on any atom is 0.328 e. The van der Waals surface area contributed by atoms with Crippen LogP contribution in [0.15, 0.2) is 21.9 Å². The molecule has 22 heavy (non-hydrogen) atoms. The highest BCUT2D eigenvalue weighted by molar-refractivity contribution is 5.84. The lowest BCUT2D eigenvalue weighted by atomic mass is 9.88. The van der Waals surface area contributed by atoms with Crippen LogP contribution in [0.2, 0.25) is 0 Å². The van der Waals surface area contributed by atoms with Gasteiger partial charge < -0.3 is 10.4 Å². The maximum absolute atomic E-state index is 12.1. The van der Waals surface area contributed by atoms with E-state index in [0.717, 1.165) is 42.7 Å². The maximum atomic E-state index is 12.1. The third-order valence-corrected chi connectivity index (χ3v) is 3.87. The molecule has 1 amide bonds. The number of nitrogens with zero attached hydrogens (tertiary/aromatic N) is 1. The lowest BCUT2D eigenvalue weighted by Crippen LogP contribution is -2.48. The average Bonchev–Trinajstić information content (AvgIpc) is 2.49. The van der Waals surface area contributed by atoms with Crippen LogP contribution in [0.25, 0.3) is 0 Å². The number of H-pyrrole nitrogens is 1. The Kier molecular flexibility index (Phi) is 5.13. The van der Waals surface area contributed by atoms with Gasteiger partial charge in [-0.25, -0.2) is 9.59 Å². The molecule has 1 fully saturated rings. The molecule has 1 saturated carbocycles. The fourth-order valence-corrected chi connectivity index (χ4v) is 2.62. The fourth-order valence-electron chi connectivity index (χ4n) is 2.62. The van der Waals surface area contributed by atoms with Crippen molar-refractivity contribution in [2.24, 2.45) is 5.92 Å². The minimum Gasteiger partial charge on any atom is -0.480 e. The molecule has 120 valence electrons. The molecule has 2 rings (SSSR count). The summed E-state index contributed by atoms with van der Waals surface area (Å²) in [6, 6.07) is -0.0819. The van der Waals surface area contributed by atoms with Crippen molar-refractivity contribution >= 4 is 11.9 Å². The van der Waals surface area contributed by atoms with Gasteiger partial charge in [0, 0.05) is 18.2 Å². The van der Waals surface area contributed by atoms with Crippen LogP contribution in [-0.2, 0) is 16.1 Å². The first-order chi connectivity index (χ1) is 10.5. The average molecular weight is 309 g/mol. The first-order valence-electron chi connectivity index (χ1n) is 7.30. The number of carbonyl (C=O) groups is 2. The Bertz CT molecular complexity index is 657. The molecule has 0 saturated heterocycles. The largest absolute Gasteiger partial charge is 0.480 e. The van der Waals surface area contributed by atoms with E-state index in [4.69, 9.17) is 0 Å². The standard InChI is InChI=1S/C14H19N3O5/c18-11-6-7-17(14(22)16-11)8-10(13(20)21)15-12(19)9-4-2-1-3-5-9/h6-7,9-10H,1-5,8H2,(H,15,19)(H,20,21)(H,16,18,22)/t10-/m0/s1. The molecule has 8 nitrogen and oxygen atoms in total. The molecule has 0 unspecified atom stereocenters. The number of aromatic nitrogens is 2. The second-order valence-corrected chi connectivity index (χ2v) is 5.50. The van der Waals surface area contributed by atoms with Crippen molar-refractivity contribution in [2.45, 2.75) is 44.7 Å². The molecule has 3 N–H and O–H groups in total. The molecule has 0 spiro atoms. The summed E-state index contributed by atoms with van der Waals surface area (Å²) in [6.07, 6.45) is 5.76. The quantitative estimate of drug-likeness (QED) is 0.688. The molecular weight excluding hydrogens is 290 g/mol. The monoisotopic (exact) mass is 309 g/mol. The van der Waals surface area contributed by atoms with Crippen LogP contribution >= 0.6 is 0 Å². The Morgan fingerprint density at radius 1 is 1.32 bits per heavy atom. The second-order valence-electron chi connectivity index (χ2n) is 5.50. The summed E-state index contributed by atoms with van der Waals surface area (Å²) >= 11 is 0. The Morgan fingerprint density at radius 2 is 2.00 bits per heavy atom. The van der Waals surface area contributed by atoms with E-state index in [1.807, 2.05) is 4.98 Å². The smallest absolute Gasteiger partial charge is 0.328 e. The van der Waals surface area contributed by atoms with Crippen molar-refractivity contribution in [3.05, 3.63) is 33.1 Å². The summed E-state index contributed by atoms with van der Waals surface area (Å²) in [5.41, 5.74) is -1.26. The van der Waals surface area contributed by atoms with Crippen LogP contribution < -0.4 is 16.6 Å². The summed E-state index contributed by atoms with van der Waals surface area (Å²) in [5.74, 6) is -1.67. The van der Waals surface area contributed by atoms with Crippen LogP contribution in [0.1, 0.15) is 32.1 Å². The molecule has 1 atom stereocenters. The normalized spacial score (nSPS) is 16.9. The van der Waals surface area contributed by atoms with Gasteiger partial charge in [-0.2, -0.15) is 0 Å². The zero-order valence-corrected chi connectivity index (χ0v) is 12.1. The van der Waals surface area contributed by atoms with Crippen LogP contribution in [-0.4, -0.2) is 32.6 Å². The van der Waals surface area contributed by atoms with Crippen molar-refractivity contribution in [3.63, 3.8) is 0 Å². The van der Waals surface area contributed by atoms with Gasteiger partial charge in [-0.3, -0.25) is 19.1 Å². The second kappa shape index (κ2) is 7.06. The molecule has 1 aromatic heterocycles. The van der Waals surface area contributed by atoms with Gasteiger partial charge in [-0.1, -0.05) is 19.3 Å². The molecule has 1 aliphatic rings. The predicted molar refractivity (Wildman–Crippen MR) is 77.5 cm³/mol. The number of carboxylic acids is 1. The van der Waals surface area contributed by atoms with Crippen molar-refractivity contribution in [3.8, 4) is 0 Å². The molecule has 1 aliphatic carbocycles. The summed E-state index contributed by atoms with van der Waals surface area (Å²) in [6.45, 7) is -0.233. The molecule has 1 heterocycles. The van der Waals surface area contributed by atoms with Crippen LogP contribution in [0.3, 0.4) is 0 Å². The number of amides is 1. The van der Waals surface area contributed by atoms with Gasteiger partial charge in [0.1, 0.15) is 6.04 Å². The highest BCUT2D eigenvalue weighted by atomic mass is 16.4. The van der Waals surface area contributed by atoms with Crippen LogP contribution in [0.4, 0.5) is 0 Å². The van der Waals surface area contributed by atoms with Crippen molar-refractivity contribution in [1.82, 2.24) is 14.9 Å². The van der Waals surface area contributed by atoms with Crippen LogP contribution in [0, 0.1) is 5.92 Å². The van der Waals surface area contributed by atoms with Crippen LogP contribution in [0.5, 0.6) is 0 Å². The minimum atomic E-state index is -1.22. The number of rotatable bonds is 5. The van der Waals surface area contributed by atoms with Crippen molar-refractivity contribution < 1.29 is 14.7 Å². The molecule has 0 aromatic carbocycles. The third kappa shape index (κ3) is 4.06. The Labute approximate surface area is 126 Å². The number of carboxylic acid groups (broad SMARTS) is 1. The summed E-state index contributed by atoms with van der Waals surface area (Å²) in [7, 11) is 0. The Morgan fingerprint density at radius 3 is 2.59 bits per heavy atom. The number of carbonyl (C=O) groups excluding carboxylic acids is 1. The predicted octanol–water partition coefficient (Wildman–Crippen LogP) is -0.314. The van der Waals surface area contributed by atoms with Gasteiger partial charge >= 0.3 is 11.7 Å².